The number of hydrogen-bond acceptors (Lipinski definition) is 2. The van der Waals surface area contributed by atoms with E-state index >= 15 is 0 Å². The predicted molar refractivity (Wildman–Crippen MR) is 54.1 cm³/mol. The topological polar surface area (TPSA) is 20.3 Å². The normalized spacial score (nSPS) is 39.5. The molecule has 64 valence electrons. The molecular formula is C8H14INO. The molecular weight excluding hydrogens is 253 g/mol. The number of alkyl halides is 1. The molecule has 2 nitrogen and oxygen atoms in total. The van der Waals surface area contributed by atoms with Gasteiger partial charge in [-0.2, -0.15) is 0 Å². The summed E-state index contributed by atoms with van der Waals surface area (Å²) in [4.78, 5) is 13.3. The van der Waals surface area contributed by atoms with E-state index in [2.05, 4.69) is 34.4 Å². The summed E-state index contributed by atoms with van der Waals surface area (Å²) >= 11 is 2.43. The average Bonchev–Trinajstić information content (AvgIpc) is 2.07. The number of rotatable bonds is 1. The van der Waals surface area contributed by atoms with Gasteiger partial charge in [0.25, 0.3) is 0 Å². The van der Waals surface area contributed by atoms with Crippen LogP contribution >= 0.6 is 22.6 Å². The van der Waals surface area contributed by atoms with Crippen LogP contribution in [0.3, 0.4) is 0 Å². The molecule has 0 N–H and O–H groups in total. The number of halogens is 1. The van der Waals surface area contributed by atoms with Crippen molar-refractivity contribution < 1.29 is 4.79 Å². The van der Waals surface area contributed by atoms with Crippen LogP contribution in [0.4, 0.5) is 0 Å². The van der Waals surface area contributed by atoms with Gasteiger partial charge in [0.2, 0.25) is 0 Å². The van der Waals surface area contributed by atoms with Crippen LogP contribution in [0.5, 0.6) is 0 Å². The molecule has 0 radical (unpaired) electrons. The number of ketones is 1. The number of hydrogen-bond donors (Lipinski definition) is 0. The Morgan fingerprint density at radius 2 is 2.18 bits per heavy atom. The van der Waals surface area contributed by atoms with Crippen LogP contribution < -0.4 is 0 Å². The smallest absolute Gasteiger partial charge is 0.147 e. The SMILES string of the molecule is CC(=O)C1C(C)C(I)CN1C. The summed E-state index contributed by atoms with van der Waals surface area (Å²) < 4.78 is 0.631. The average molecular weight is 267 g/mol. The second-order valence-corrected chi connectivity index (χ2v) is 4.97. The summed E-state index contributed by atoms with van der Waals surface area (Å²) in [6.45, 7) is 4.89. The lowest BCUT2D eigenvalue weighted by molar-refractivity contribution is -0.121. The molecule has 3 atom stereocenters. The van der Waals surface area contributed by atoms with Crippen molar-refractivity contribution in [1.29, 1.82) is 0 Å². The monoisotopic (exact) mass is 267 g/mol. The third kappa shape index (κ3) is 1.75. The van der Waals surface area contributed by atoms with Crippen LogP contribution in [-0.4, -0.2) is 34.2 Å². The molecule has 11 heavy (non-hydrogen) atoms. The van der Waals surface area contributed by atoms with Crippen molar-refractivity contribution in [2.75, 3.05) is 13.6 Å². The van der Waals surface area contributed by atoms with Crippen molar-refractivity contribution >= 4 is 28.4 Å². The molecule has 3 unspecified atom stereocenters. The van der Waals surface area contributed by atoms with Gasteiger partial charge in [-0.25, -0.2) is 0 Å². The maximum absolute atomic E-state index is 11.2. The highest BCUT2D eigenvalue weighted by atomic mass is 127. The molecule has 1 heterocycles. The summed E-state index contributed by atoms with van der Waals surface area (Å²) in [5, 5.41) is 0. The van der Waals surface area contributed by atoms with Crippen LogP contribution in [0, 0.1) is 5.92 Å². The van der Waals surface area contributed by atoms with Crippen molar-refractivity contribution in [2.24, 2.45) is 5.92 Å². The second kappa shape index (κ2) is 3.39. The number of nitrogens with zero attached hydrogens (tertiary/aromatic N) is 1. The highest BCUT2D eigenvalue weighted by Gasteiger charge is 2.37. The van der Waals surface area contributed by atoms with Gasteiger partial charge in [-0.3, -0.25) is 9.69 Å². The Morgan fingerprint density at radius 1 is 1.64 bits per heavy atom. The Morgan fingerprint density at radius 3 is 2.36 bits per heavy atom. The first-order valence-electron chi connectivity index (χ1n) is 3.88. The van der Waals surface area contributed by atoms with E-state index in [-0.39, 0.29) is 6.04 Å². The first kappa shape index (κ1) is 9.45. The van der Waals surface area contributed by atoms with E-state index in [0.717, 1.165) is 6.54 Å². The predicted octanol–water partition coefficient (Wildman–Crippen LogP) is 1.33. The van der Waals surface area contributed by atoms with Gasteiger partial charge in [0.15, 0.2) is 0 Å². The molecule has 1 rings (SSSR count). The van der Waals surface area contributed by atoms with Gasteiger partial charge in [0, 0.05) is 10.5 Å². The Kier molecular flexibility index (Phi) is 2.91. The van der Waals surface area contributed by atoms with E-state index in [1.807, 2.05) is 7.05 Å². The number of carbonyl (C=O) groups is 1. The molecule has 1 aliphatic heterocycles. The summed E-state index contributed by atoms with van der Waals surface area (Å²) in [6.07, 6.45) is 0. The van der Waals surface area contributed by atoms with Crippen LogP contribution in [0.25, 0.3) is 0 Å². The van der Waals surface area contributed by atoms with Gasteiger partial charge in [-0.15, -0.1) is 0 Å². The van der Waals surface area contributed by atoms with Crippen LogP contribution in [0.1, 0.15) is 13.8 Å². The molecule has 0 aromatic rings. The quantitative estimate of drug-likeness (QED) is 0.527. The minimum atomic E-state index is 0.164. The highest BCUT2D eigenvalue weighted by Crippen LogP contribution is 2.28. The zero-order valence-corrected chi connectivity index (χ0v) is 9.33. The first-order valence-corrected chi connectivity index (χ1v) is 5.13. The molecule has 0 aromatic heterocycles. The van der Waals surface area contributed by atoms with Gasteiger partial charge in [0.05, 0.1) is 6.04 Å². The number of likely N-dealkylation sites (tertiary alicyclic amines) is 1. The van der Waals surface area contributed by atoms with Crippen molar-refractivity contribution in [3.05, 3.63) is 0 Å². The Hall–Kier alpha value is 0.360. The Labute approximate surface area is 81.5 Å². The maximum Gasteiger partial charge on any atom is 0.147 e. The number of Topliss-reactive ketones (excluding diaryl/α,β-unsaturated/α-hetero) is 1. The highest BCUT2D eigenvalue weighted by molar-refractivity contribution is 14.1. The minimum Gasteiger partial charge on any atom is -0.298 e. The zero-order chi connectivity index (χ0) is 8.59. The van der Waals surface area contributed by atoms with E-state index in [0.29, 0.717) is 15.6 Å². The third-order valence-electron chi connectivity index (χ3n) is 2.42. The van der Waals surface area contributed by atoms with Crippen molar-refractivity contribution in [3.63, 3.8) is 0 Å². The van der Waals surface area contributed by atoms with Gasteiger partial charge in [0.1, 0.15) is 5.78 Å². The standard InChI is InChI=1S/C8H14INO/c1-5-7(9)4-10(3)8(5)6(2)11/h5,7-8H,4H2,1-3H3. The molecule has 0 bridgehead atoms. The van der Waals surface area contributed by atoms with Gasteiger partial charge in [-0.05, 0) is 19.9 Å². The molecule has 3 heteroatoms. The molecule has 1 aliphatic rings. The fourth-order valence-electron chi connectivity index (χ4n) is 1.83. The molecule has 0 amide bonds. The molecule has 0 aliphatic carbocycles. The molecule has 0 saturated carbocycles. The maximum atomic E-state index is 11.2. The lowest BCUT2D eigenvalue weighted by Gasteiger charge is -2.19. The Balaban J connectivity index is 2.71. The fourth-order valence-corrected chi connectivity index (χ4v) is 2.85. The fraction of sp³-hybridized carbons (Fsp3) is 0.875. The van der Waals surface area contributed by atoms with Crippen LogP contribution in [-0.2, 0) is 4.79 Å². The summed E-state index contributed by atoms with van der Waals surface area (Å²) in [7, 11) is 2.03. The summed E-state index contributed by atoms with van der Waals surface area (Å²) in [5.74, 6) is 0.817. The van der Waals surface area contributed by atoms with E-state index in [4.69, 9.17) is 0 Å². The van der Waals surface area contributed by atoms with Gasteiger partial charge < -0.3 is 0 Å². The molecule has 0 aromatic carbocycles. The van der Waals surface area contributed by atoms with Gasteiger partial charge >= 0.3 is 0 Å². The molecule has 1 saturated heterocycles. The van der Waals surface area contributed by atoms with Gasteiger partial charge in [-0.1, -0.05) is 29.5 Å². The largest absolute Gasteiger partial charge is 0.298 e. The van der Waals surface area contributed by atoms with Crippen molar-refractivity contribution in [2.45, 2.75) is 23.8 Å². The second-order valence-electron chi connectivity index (χ2n) is 3.37. The lowest BCUT2D eigenvalue weighted by Crippen LogP contribution is -2.34. The van der Waals surface area contributed by atoms with Crippen molar-refractivity contribution in [1.82, 2.24) is 4.90 Å². The first-order chi connectivity index (χ1) is 5.04. The van der Waals surface area contributed by atoms with Crippen molar-refractivity contribution in [3.8, 4) is 0 Å². The van der Waals surface area contributed by atoms with E-state index in [1.54, 1.807) is 6.92 Å². The third-order valence-corrected chi connectivity index (χ3v) is 3.95. The molecule has 1 fully saturated rings. The van der Waals surface area contributed by atoms with Crippen LogP contribution in [0.15, 0.2) is 0 Å². The minimum absolute atomic E-state index is 0.164. The summed E-state index contributed by atoms with van der Waals surface area (Å²) in [5.41, 5.74) is 0. The number of likely N-dealkylation sites (N-methyl/N-ethyl adjacent to an activating group) is 1. The molecule has 0 spiro atoms. The lowest BCUT2D eigenvalue weighted by atomic mass is 10.0. The Bertz CT molecular complexity index is 171. The summed E-state index contributed by atoms with van der Waals surface area (Å²) in [6, 6.07) is 0.164. The van der Waals surface area contributed by atoms with E-state index in [9.17, 15) is 4.79 Å². The van der Waals surface area contributed by atoms with Crippen LogP contribution in [0.2, 0.25) is 0 Å². The number of carbonyl (C=O) groups excluding carboxylic acids is 1. The zero-order valence-electron chi connectivity index (χ0n) is 7.17. The van der Waals surface area contributed by atoms with E-state index in [1.165, 1.54) is 0 Å². The van der Waals surface area contributed by atoms with E-state index < -0.39 is 0 Å².